The molecule has 0 aliphatic rings. The second-order valence-corrected chi connectivity index (χ2v) is 3.60. The van der Waals surface area contributed by atoms with Crippen LogP contribution < -0.4 is 10.6 Å². The van der Waals surface area contributed by atoms with E-state index >= 15 is 0 Å². The van der Waals surface area contributed by atoms with Crippen LogP contribution in [0.15, 0.2) is 0 Å². The van der Waals surface area contributed by atoms with Gasteiger partial charge in [0.2, 0.25) is 0 Å². The maximum absolute atomic E-state index is 5.34. The van der Waals surface area contributed by atoms with Gasteiger partial charge in [-0.2, -0.15) is 0 Å². The van der Waals surface area contributed by atoms with Gasteiger partial charge in [0.25, 0.3) is 5.17 Å². The first-order chi connectivity index (χ1) is 6.74. The number of rotatable bonds is 7. The molecule has 2 N–H and O–H groups in total. The molecular weight excluding hydrogens is 196 g/mol. The molecule has 0 bridgehead atoms. The van der Waals surface area contributed by atoms with Gasteiger partial charge in [-0.15, -0.1) is 0 Å². The van der Waals surface area contributed by atoms with E-state index in [1.165, 1.54) is 12.8 Å². The first-order valence-corrected chi connectivity index (χ1v) is 5.73. The molecule has 0 saturated heterocycles. The van der Waals surface area contributed by atoms with Gasteiger partial charge in [-0.1, -0.05) is 13.3 Å². The zero-order valence-corrected chi connectivity index (χ0v) is 10.2. The Bertz CT molecular complexity index is 153. The van der Waals surface area contributed by atoms with Crippen molar-refractivity contribution in [1.29, 1.82) is 0 Å². The molecular formula is C10H22N2OS. The summed E-state index contributed by atoms with van der Waals surface area (Å²) in [7, 11) is 1.99. The molecule has 0 amide bonds. The molecule has 0 aromatic carbocycles. The van der Waals surface area contributed by atoms with Crippen LogP contribution in [0.4, 0.5) is 0 Å². The summed E-state index contributed by atoms with van der Waals surface area (Å²) in [5.74, 6) is 0. The molecule has 0 saturated carbocycles. The lowest BCUT2D eigenvalue weighted by Crippen LogP contribution is -2.29. The van der Waals surface area contributed by atoms with Crippen LogP contribution in [0.3, 0.4) is 0 Å². The van der Waals surface area contributed by atoms with Crippen molar-refractivity contribution in [2.45, 2.75) is 39.2 Å². The predicted molar refractivity (Wildman–Crippen MR) is 64.6 cm³/mol. The van der Waals surface area contributed by atoms with Crippen molar-refractivity contribution in [2.75, 3.05) is 20.2 Å². The molecule has 0 radical (unpaired) electrons. The summed E-state index contributed by atoms with van der Waals surface area (Å²) in [6, 6.07) is 0.546. The van der Waals surface area contributed by atoms with Crippen LogP contribution in [0.2, 0.25) is 0 Å². The number of thiocarbonyl (C=S) groups is 1. The summed E-state index contributed by atoms with van der Waals surface area (Å²) < 4.78 is 5.34. The average Bonchev–Trinajstić information content (AvgIpc) is 2.17. The molecule has 0 aliphatic carbocycles. The predicted octanol–water partition coefficient (Wildman–Crippen LogP) is 1.68. The third kappa shape index (κ3) is 7.09. The van der Waals surface area contributed by atoms with E-state index in [2.05, 4.69) is 17.6 Å². The van der Waals surface area contributed by atoms with Crippen molar-refractivity contribution in [3.8, 4) is 0 Å². The molecule has 0 rings (SSSR count). The standard InChI is InChI=1S/C10H22N2OS/c1-4-6-9(11-3)7-8-13-10(14)12-5-2/h9,11H,4-8H2,1-3H3,(H,12,14). The Morgan fingerprint density at radius 1 is 1.36 bits per heavy atom. The lowest BCUT2D eigenvalue weighted by atomic mass is 10.1. The first kappa shape index (κ1) is 13.7. The Morgan fingerprint density at radius 3 is 2.57 bits per heavy atom. The van der Waals surface area contributed by atoms with Crippen molar-refractivity contribution in [1.82, 2.24) is 10.6 Å². The highest BCUT2D eigenvalue weighted by atomic mass is 32.1. The Balaban J connectivity index is 3.45. The van der Waals surface area contributed by atoms with Gasteiger partial charge in [-0.05, 0) is 39.0 Å². The highest BCUT2D eigenvalue weighted by Gasteiger charge is 2.04. The largest absolute Gasteiger partial charge is 0.471 e. The number of hydrogen-bond donors (Lipinski definition) is 2. The summed E-state index contributed by atoms with van der Waals surface area (Å²) >= 11 is 4.95. The minimum absolute atomic E-state index is 0.513. The zero-order valence-electron chi connectivity index (χ0n) is 9.43. The van der Waals surface area contributed by atoms with Gasteiger partial charge in [0.05, 0.1) is 6.61 Å². The van der Waals surface area contributed by atoms with Gasteiger partial charge < -0.3 is 15.4 Å². The molecule has 0 spiro atoms. The summed E-state index contributed by atoms with van der Waals surface area (Å²) in [6.45, 7) is 5.71. The van der Waals surface area contributed by atoms with E-state index in [0.717, 1.165) is 13.0 Å². The molecule has 1 atom stereocenters. The van der Waals surface area contributed by atoms with E-state index < -0.39 is 0 Å². The van der Waals surface area contributed by atoms with E-state index in [1.54, 1.807) is 0 Å². The van der Waals surface area contributed by atoms with Crippen molar-refractivity contribution in [3.05, 3.63) is 0 Å². The maximum atomic E-state index is 5.34. The molecule has 1 unspecified atom stereocenters. The molecule has 3 nitrogen and oxygen atoms in total. The van der Waals surface area contributed by atoms with Crippen LogP contribution in [-0.4, -0.2) is 31.4 Å². The third-order valence-electron chi connectivity index (χ3n) is 2.07. The van der Waals surface area contributed by atoms with Crippen LogP contribution in [-0.2, 0) is 4.74 Å². The molecule has 14 heavy (non-hydrogen) atoms. The SMILES string of the molecule is CCCC(CCOC(=S)NCC)NC. The summed E-state index contributed by atoms with van der Waals surface area (Å²) in [4.78, 5) is 0. The van der Waals surface area contributed by atoms with E-state index in [0.29, 0.717) is 17.8 Å². The van der Waals surface area contributed by atoms with Gasteiger partial charge in [-0.25, -0.2) is 0 Å². The highest BCUT2D eigenvalue weighted by Crippen LogP contribution is 2.01. The smallest absolute Gasteiger partial charge is 0.256 e. The van der Waals surface area contributed by atoms with Crippen molar-refractivity contribution < 1.29 is 4.74 Å². The monoisotopic (exact) mass is 218 g/mol. The van der Waals surface area contributed by atoms with Crippen LogP contribution >= 0.6 is 12.2 Å². The summed E-state index contributed by atoms with van der Waals surface area (Å²) in [6.07, 6.45) is 3.40. The maximum Gasteiger partial charge on any atom is 0.256 e. The summed E-state index contributed by atoms with van der Waals surface area (Å²) in [5, 5.41) is 6.74. The molecule has 0 heterocycles. The first-order valence-electron chi connectivity index (χ1n) is 5.32. The van der Waals surface area contributed by atoms with Crippen LogP contribution in [0, 0.1) is 0 Å². The Morgan fingerprint density at radius 2 is 2.07 bits per heavy atom. The Hall–Kier alpha value is -0.350. The molecule has 0 fully saturated rings. The van der Waals surface area contributed by atoms with Crippen molar-refractivity contribution >= 4 is 17.4 Å². The normalized spacial score (nSPS) is 12.2. The number of ether oxygens (including phenoxy) is 1. The Labute approximate surface area is 92.6 Å². The molecule has 0 aromatic heterocycles. The zero-order chi connectivity index (χ0) is 10.8. The second kappa shape index (κ2) is 9.21. The van der Waals surface area contributed by atoms with E-state index in [1.807, 2.05) is 14.0 Å². The molecule has 4 heteroatoms. The van der Waals surface area contributed by atoms with Gasteiger partial charge in [0.15, 0.2) is 0 Å². The average molecular weight is 218 g/mol. The van der Waals surface area contributed by atoms with Gasteiger partial charge in [-0.3, -0.25) is 0 Å². The fourth-order valence-corrected chi connectivity index (χ4v) is 1.50. The lowest BCUT2D eigenvalue weighted by Gasteiger charge is -2.15. The van der Waals surface area contributed by atoms with Crippen LogP contribution in [0.5, 0.6) is 0 Å². The minimum atomic E-state index is 0.513. The van der Waals surface area contributed by atoms with E-state index in [4.69, 9.17) is 17.0 Å². The fourth-order valence-electron chi connectivity index (χ4n) is 1.27. The highest BCUT2D eigenvalue weighted by molar-refractivity contribution is 7.80. The van der Waals surface area contributed by atoms with Crippen molar-refractivity contribution in [2.24, 2.45) is 0 Å². The molecule has 0 aliphatic heterocycles. The van der Waals surface area contributed by atoms with Gasteiger partial charge in [0.1, 0.15) is 0 Å². The fraction of sp³-hybridized carbons (Fsp3) is 0.900. The van der Waals surface area contributed by atoms with E-state index in [-0.39, 0.29) is 0 Å². The van der Waals surface area contributed by atoms with Gasteiger partial charge in [0, 0.05) is 12.6 Å². The second-order valence-electron chi connectivity index (χ2n) is 3.23. The van der Waals surface area contributed by atoms with Crippen molar-refractivity contribution in [3.63, 3.8) is 0 Å². The summed E-state index contributed by atoms with van der Waals surface area (Å²) in [5.41, 5.74) is 0. The quantitative estimate of drug-likeness (QED) is 0.637. The van der Waals surface area contributed by atoms with Crippen LogP contribution in [0.1, 0.15) is 33.1 Å². The number of hydrogen-bond acceptors (Lipinski definition) is 3. The van der Waals surface area contributed by atoms with Gasteiger partial charge >= 0.3 is 0 Å². The van der Waals surface area contributed by atoms with Crippen LogP contribution in [0.25, 0.3) is 0 Å². The number of nitrogens with one attached hydrogen (secondary N) is 2. The Kier molecular flexibility index (Phi) is 8.98. The third-order valence-corrected chi connectivity index (χ3v) is 2.33. The van der Waals surface area contributed by atoms with E-state index in [9.17, 15) is 0 Å². The molecule has 0 aromatic rings. The lowest BCUT2D eigenvalue weighted by molar-refractivity contribution is 0.269. The topological polar surface area (TPSA) is 33.3 Å². The minimum Gasteiger partial charge on any atom is -0.471 e. The molecule has 84 valence electrons.